The van der Waals surface area contributed by atoms with Crippen molar-refractivity contribution in [2.24, 2.45) is 0 Å². The van der Waals surface area contributed by atoms with Crippen LogP contribution in [-0.2, 0) is 15.7 Å². The van der Waals surface area contributed by atoms with Crippen LogP contribution in [0.3, 0.4) is 0 Å². The van der Waals surface area contributed by atoms with Crippen LogP contribution in [0.4, 0.5) is 0 Å². The molecule has 4 aromatic rings. The van der Waals surface area contributed by atoms with Crippen molar-refractivity contribution >= 4 is 18.7 Å². The molecule has 1 aliphatic carbocycles. The van der Waals surface area contributed by atoms with E-state index in [-0.39, 0.29) is 0 Å². The number of nitrogens with zero attached hydrogens (tertiary/aromatic N) is 3. The van der Waals surface area contributed by atoms with Crippen molar-refractivity contribution in [3.63, 3.8) is 0 Å². The molecule has 1 fully saturated rings. The number of hydrogen-bond acceptors (Lipinski definition) is 5. The van der Waals surface area contributed by atoms with E-state index < -0.39 is 18.3 Å². The van der Waals surface area contributed by atoms with Gasteiger partial charge >= 0.3 is 7.12 Å². The summed E-state index contributed by atoms with van der Waals surface area (Å²) in [7, 11) is -0.405. The van der Waals surface area contributed by atoms with E-state index in [0.29, 0.717) is 17.5 Å². The highest BCUT2D eigenvalue weighted by Gasteiger charge is 2.52. The first-order valence-electron chi connectivity index (χ1n) is 12.9. The Balaban J connectivity index is 1.51. The van der Waals surface area contributed by atoms with Gasteiger partial charge < -0.3 is 9.31 Å². The van der Waals surface area contributed by atoms with Crippen LogP contribution in [0.1, 0.15) is 45.2 Å². The van der Waals surface area contributed by atoms with E-state index in [0.717, 1.165) is 40.6 Å². The number of aromatic nitrogens is 3. The molecule has 0 atom stereocenters. The molecule has 0 amide bonds. The first-order valence-corrected chi connectivity index (χ1v) is 12.9. The lowest BCUT2D eigenvalue weighted by Crippen LogP contribution is -2.41. The molecule has 0 spiro atoms. The van der Waals surface area contributed by atoms with E-state index in [1.165, 1.54) is 5.56 Å². The van der Waals surface area contributed by atoms with Gasteiger partial charge in [0.05, 0.1) is 11.2 Å². The number of rotatable bonds is 4. The van der Waals surface area contributed by atoms with Crippen molar-refractivity contribution in [3.05, 3.63) is 90.0 Å². The van der Waals surface area contributed by atoms with Crippen LogP contribution in [0.2, 0.25) is 0 Å². The van der Waals surface area contributed by atoms with Crippen LogP contribution < -0.4 is 5.46 Å². The summed E-state index contributed by atoms with van der Waals surface area (Å²) in [6.07, 6.45) is 6.31. The molecule has 37 heavy (non-hydrogen) atoms. The van der Waals surface area contributed by atoms with E-state index in [4.69, 9.17) is 24.3 Å². The average molecular weight is 487 g/mol. The third-order valence-corrected chi connectivity index (χ3v) is 7.69. The molecule has 0 radical (unpaired) electrons. The Kier molecular flexibility index (Phi) is 5.82. The fourth-order valence-electron chi connectivity index (χ4n) is 4.89. The molecule has 0 N–H and O–H groups in total. The van der Waals surface area contributed by atoms with Crippen LogP contribution in [-0.4, -0.2) is 33.3 Å². The van der Waals surface area contributed by atoms with Gasteiger partial charge in [-0.05, 0) is 57.1 Å². The van der Waals surface area contributed by atoms with E-state index in [1.54, 1.807) is 0 Å². The van der Waals surface area contributed by atoms with Gasteiger partial charge in [0.25, 0.3) is 0 Å². The van der Waals surface area contributed by atoms with Gasteiger partial charge in [-0.25, -0.2) is 15.0 Å². The molecular formula is C31H30BN3O2. The van der Waals surface area contributed by atoms with Crippen LogP contribution >= 0.6 is 0 Å². The molecule has 1 aliphatic heterocycles. The summed E-state index contributed by atoms with van der Waals surface area (Å²) in [6.45, 7) is 8.37. The Morgan fingerprint density at radius 3 is 1.78 bits per heavy atom. The SMILES string of the molecule is CC1(C)OB(c2ccc(-c3nc(-c4ccccc4)nc(-c4ccccc4)n3)c3c2CCC=C3)OC1(C)C. The summed E-state index contributed by atoms with van der Waals surface area (Å²) >= 11 is 0. The predicted octanol–water partition coefficient (Wildman–Crippen LogP) is 6.13. The van der Waals surface area contributed by atoms with Crippen molar-refractivity contribution in [2.75, 3.05) is 0 Å². The zero-order valence-electron chi connectivity index (χ0n) is 21.7. The molecule has 2 aliphatic rings. The van der Waals surface area contributed by atoms with Gasteiger partial charge in [-0.15, -0.1) is 0 Å². The Bertz CT molecular complexity index is 1410. The van der Waals surface area contributed by atoms with Crippen LogP contribution in [0.15, 0.2) is 78.9 Å². The highest BCUT2D eigenvalue weighted by atomic mass is 16.7. The lowest BCUT2D eigenvalue weighted by Gasteiger charge is -2.32. The molecular weight excluding hydrogens is 457 g/mol. The van der Waals surface area contributed by atoms with E-state index in [9.17, 15) is 0 Å². The fourth-order valence-corrected chi connectivity index (χ4v) is 4.89. The van der Waals surface area contributed by atoms with Gasteiger partial charge in [-0.3, -0.25) is 0 Å². The van der Waals surface area contributed by atoms with Crippen molar-refractivity contribution in [2.45, 2.75) is 51.7 Å². The van der Waals surface area contributed by atoms with Gasteiger partial charge in [0, 0.05) is 16.7 Å². The second kappa shape index (κ2) is 9.05. The van der Waals surface area contributed by atoms with Crippen molar-refractivity contribution in [3.8, 4) is 34.2 Å². The minimum atomic E-state index is -0.405. The van der Waals surface area contributed by atoms with Gasteiger partial charge in [0.1, 0.15) is 0 Å². The Labute approximate surface area is 218 Å². The number of benzene rings is 3. The smallest absolute Gasteiger partial charge is 0.399 e. The first kappa shape index (κ1) is 23.8. The molecule has 1 aromatic heterocycles. The van der Waals surface area contributed by atoms with E-state index >= 15 is 0 Å². The maximum Gasteiger partial charge on any atom is 0.495 e. The zero-order chi connectivity index (χ0) is 25.6. The minimum absolute atomic E-state index is 0.392. The fraction of sp³-hybridized carbons (Fsp3) is 0.258. The summed E-state index contributed by atoms with van der Waals surface area (Å²) in [5.41, 5.74) is 5.58. The lowest BCUT2D eigenvalue weighted by atomic mass is 9.72. The van der Waals surface area contributed by atoms with Crippen molar-refractivity contribution < 1.29 is 9.31 Å². The molecule has 184 valence electrons. The highest BCUT2D eigenvalue weighted by Crippen LogP contribution is 2.38. The largest absolute Gasteiger partial charge is 0.495 e. The summed E-state index contributed by atoms with van der Waals surface area (Å²) in [4.78, 5) is 14.8. The third kappa shape index (κ3) is 4.30. The second-order valence-electron chi connectivity index (χ2n) is 10.7. The molecule has 2 heterocycles. The first-order chi connectivity index (χ1) is 17.8. The number of fused-ring (bicyclic) bond motifs is 1. The summed E-state index contributed by atoms with van der Waals surface area (Å²) < 4.78 is 12.9. The number of allylic oxidation sites excluding steroid dienone is 1. The molecule has 3 aromatic carbocycles. The topological polar surface area (TPSA) is 57.1 Å². The average Bonchev–Trinajstić information content (AvgIpc) is 3.15. The molecule has 0 bridgehead atoms. The van der Waals surface area contributed by atoms with Crippen LogP contribution in [0, 0.1) is 0 Å². The summed E-state index contributed by atoms with van der Waals surface area (Å²) in [6, 6.07) is 24.4. The zero-order valence-corrected chi connectivity index (χ0v) is 21.7. The molecule has 5 nitrogen and oxygen atoms in total. The summed E-state index contributed by atoms with van der Waals surface area (Å²) in [5, 5.41) is 0. The molecule has 0 unspecified atom stereocenters. The molecule has 6 rings (SSSR count). The maximum absolute atomic E-state index is 6.43. The standard InChI is InChI=1S/C31H30BN3O2/c1-30(2)31(3,4)37-32(36-30)26-20-19-25(23-17-11-12-18-24(23)26)29-34-27(21-13-7-5-8-14-21)33-28(35-29)22-15-9-6-10-16-22/h5-11,13-17,19-20H,12,18H2,1-4H3. The van der Waals surface area contributed by atoms with Gasteiger partial charge in [0.15, 0.2) is 17.5 Å². The van der Waals surface area contributed by atoms with Gasteiger partial charge in [-0.1, -0.05) is 84.9 Å². The highest BCUT2D eigenvalue weighted by molar-refractivity contribution is 6.62. The predicted molar refractivity (Wildman–Crippen MR) is 149 cm³/mol. The van der Waals surface area contributed by atoms with Crippen LogP contribution in [0.5, 0.6) is 0 Å². The van der Waals surface area contributed by atoms with Crippen LogP contribution in [0.25, 0.3) is 40.2 Å². The summed E-state index contributed by atoms with van der Waals surface area (Å²) in [5.74, 6) is 1.98. The third-order valence-electron chi connectivity index (χ3n) is 7.69. The quantitative estimate of drug-likeness (QED) is 0.324. The molecule has 0 saturated carbocycles. The number of hydrogen-bond donors (Lipinski definition) is 0. The Hall–Kier alpha value is -3.61. The Morgan fingerprint density at radius 2 is 1.22 bits per heavy atom. The normalized spacial score (nSPS) is 17.6. The van der Waals surface area contributed by atoms with Crippen molar-refractivity contribution in [1.82, 2.24) is 15.0 Å². The van der Waals surface area contributed by atoms with Crippen molar-refractivity contribution in [1.29, 1.82) is 0 Å². The van der Waals surface area contributed by atoms with Gasteiger partial charge in [0.2, 0.25) is 0 Å². The van der Waals surface area contributed by atoms with Gasteiger partial charge in [-0.2, -0.15) is 0 Å². The maximum atomic E-state index is 6.43. The Morgan fingerprint density at radius 1 is 0.676 bits per heavy atom. The van der Waals surface area contributed by atoms with E-state index in [2.05, 4.69) is 52.0 Å². The molecule has 1 saturated heterocycles. The minimum Gasteiger partial charge on any atom is -0.399 e. The molecule has 6 heteroatoms. The lowest BCUT2D eigenvalue weighted by molar-refractivity contribution is 0.00578. The van der Waals surface area contributed by atoms with E-state index in [1.807, 2.05) is 60.7 Å². The monoisotopic (exact) mass is 487 g/mol. The second-order valence-corrected chi connectivity index (χ2v) is 10.7.